The van der Waals surface area contributed by atoms with Gasteiger partial charge in [0.1, 0.15) is 18.1 Å². The van der Waals surface area contributed by atoms with Crippen LogP contribution in [0.15, 0.2) is 84.0 Å². The van der Waals surface area contributed by atoms with Gasteiger partial charge in [0.25, 0.3) is 5.91 Å². The number of ether oxygens (including phenoxy) is 1. The summed E-state index contributed by atoms with van der Waals surface area (Å²) in [6.45, 7) is 4.83. The highest BCUT2D eigenvalue weighted by Crippen LogP contribution is 2.29. The zero-order valence-corrected chi connectivity index (χ0v) is 19.7. The lowest BCUT2D eigenvalue weighted by molar-refractivity contribution is 0.0955. The summed E-state index contributed by atoms with van der Waals surface area (Å²) in [7, 11) is 0. The Labute approximate surface area is 203 Å². The number of hydrogen-bond acceptors (Lipinski definition) is 4. The SMILES string of the molecule is CC(C)c1ccc(COc2ccc(C=NNC(=O)c3ccc(O)c(Cl)c3)c3ccccc23)cc1. The molecule has 0 radical (unpaired) electrons. The van der Waals surface area contributed by atoms with Gasteiger partial charge in [0.2, 0.25) is 0 Å². The van der Waals surface area contributed by atoms with E-state index in [1.807, 2.05) is 36.4 Å². The number of hydrazone groups is 1. The standard InChI is InChI=1S/C28H25ClN2O3/c1-18(2)20-9-7-19(8-10-20)17-34-27-14-12-22(23-5-3-4-6-24(23)27)16-30-31-28(33)21-11-13-26(32)25(29)15-21/h3-16,18,32H,17H2,1-2H3,(H,31,33). The third-order valence-corrected chi connectivity index (χ3v) is 5.84. The average molecular weight is 473 g/mol. The van der Waals surface area contributed by atoms with E-state index in [0.717, 1.165) is 27.6 Å². The van der Waals surface area contributed by atoms with E-state index in [0.29, 0.717) is 18.1 Å². The molecule has 0 bridgehead atoms. The van der Waals surface area contributed by atoms with Crippen LogP contribution in [0, 0.1) is 0 Å². The second kappa shape index (κ2) is 10.4. The Morgan fingerprint density at radius 2 is 1.76 bits per heavy atom. The zero-order chi connectivity index (χ0) is 24.1. The fraction of sp³-hybridized carbons (Fsp3) is 0.143. The molecular weight excluding hydrogens is 448 g/mol. The number of nitrogens with zero attached hydrogens (tertiary/aromatic N) is 1. The van der Waals surface area contributed by atoms with Gasteiger partial charge in [0.05, 0.1) is 11.2 Å². The normalized spacial score (nSPS) is 11.3. The molecule has 34 heavy (non-hydrogen) atoms. The van der Waals surface area contributed by atoms with E-state index >= 15 is 0 Å². The Hall–Kier alpha value is -3.83. The van der Waals surface area contributed by atoms with Crippen LogP contribution in [-0.4, -0.2) is 17.2 Å². The van der Waals surface area contributed by atoms with Crippen molar-refractivity contribution < 1.29 is 14.6 Å². The van der Waals surface area contributed by atoms with Crippen LogP contribution >= 0.6 is 11.6 Å². The van der Waals surface area contributed by atoms with E-state index in [2.05, 4.69) is 48.6 Å². The molecule has 0 saturated carbocycles. The van der Waals surface area contributed by atoms with E-state index in [1.54, 1.807) is 6.21 Å². The lowest BCUT2D eigenvalue weighted by Gasteiger charge is -2.12. The summed E-state index contributed by atoms with van der Waals surface area (Å²) in [4.78, 5) is 12.3. The first-order valence-corrected chi connectivity index (χ1v) is 11.4. The van der Waals surface area contributed by atoms with E-state index in [-0.39, 0.29) is 10.8 Å². The Morgan fingerprint density at radius 3 is 2.47 bits per heavy atom. The molecule has 1 amide bonds. The summed E-state index contributed by atoms with van der Waals surface area (Å²) in [6.07, 6.45) is 1.59. The molecule has 0 aromatic heterocycles. The molecule has 2 N–H and O–H groups in total. The van der Waals surface area contributed by atoms with Crippen LogP contribution in [0.25, 0.3) is 10.8 Å². The van der Waals surface area contributed by atoms with E-state index < -0.39 is 5.91 Å². The molecule has 0 heterocycles. The smallest absolute Gasteiger partial charge is 0.271 e. The molecule has 172 valence electrons. The molecule has 6 heteroatoms. The summed E-state index contributed by atoms with van der Waals surface area (Å²) in [5.74, 6) is 0.772. The maximum absolute atomic E-state index is 12.3. The van der Waals surface area contributed by atoms with Crippen molar-refractivity contribution in [1.82, 2.24) is 5.43 Å². The average Bonchev–Trinajstić information content (AvgIpc) is 2.85. The van der Waals surface area contributed by atoms with Gasteiger partial charge in [0.15, 0.2) is 0 Å². The predicted octanol–water partition coefficient (Wildman–Crippen LogP) is 6.67. The summed E-state index contributed by atoms with van der Waals surface area (Å²) < 4.78 is 6.13. The highest BCUT2D eigenvalue weighted by molar-refractivity contribution is 6.32. The number of carbonyl (C=O) groups is 1. The Bertz CT molecular complexity index is 1350. The molecular formula is C28H25ClN2O3. The molecule has 4 aromatic rings. The largest absolute Gasteiger partial charge is 0.506 e. The number of nitrogens with one attached hydrogen (secondary N) is 1. The maximum Gasteiger partial charge on any atom is 0.271 e. The molecule has 4 aromatic carbocycles. The van der Waals surface area contributed by atoms with Crippen molar-refractivity contribution in [3.63, 3.8) is 0 Å². The second-order valence-electron chi connectivity index (χ2n) is 8.25. The predicted molar refractivity (Wildman–Crippen MR) is 137 cm³/mol. The Balaban J connectivity index is 1.48. The number of aromatic hydroxyl groups is 1. The van der Waals surface area contributed by atoms with Gasteiger partial charge in [-0.2, -0.15) is 5.10 Å². The van der Waals surface area contributed by atoms with Gasteiger partial charge in [-0.25, -0.2) is 5.43 Å². The lowest BCUT2D eigenvalue weighted by atomic mass is 10.0. The third-order valence-electron chi connectivity index (χ3n) is 5.54. The number of rotatable bonds is 7. The first-order valence-electron chi connectivity index (χ1n) is 11.0. The van der Waals surface area contributed by atoms with E-state index in [4.69, 9.17) is 16.3 Å². The Kier molecular flexibility index (Phi) is 7.14. The number of phenols is 1. The first kappa shape index (κ1) is 23.3. The lowest BCUT2D eigenvalue weighted by Crippen LogP contribution is -2.17. The van der Waals surface area contributed by atoms with E-state index in [9.17, 15) is 9.90 Å². The fourth-order valence-electron chi connectivity index (χ4n) is 3.57. The monoisotopic (exact) mass is 472 g/mol. The number of carbonyl (C=O) groups excluding carboxylic acids is 1. The molecule has 4 rings (SSSR count). The summed E-state index contributed by atoms with van der Waals surface area (Å²) in [6, 6.07) is 24.4. The minimum atomic E-state index is -0.425. The number of hydrogen-bond donors (Lipinski definition) is 2. The van der Waals surface area contributed by atoms with Crippen LogP contribution in [0.5, 0.6) is 11.5 Å². The second-order valence-corrected chi connectivity index (χ2v) is 8.66. The van der Waals surface area contributed by atoms with Crippen LogP contribution < -0.4 is 10.2 Å². The highest BCUT2D eigenvalue weighted by atomic mass is 35.5. The van der Waals surface area contributed by atoms with Gasteiger partial charge in [0, 0.05) is 16.5 Å². The van der Waals surface area contributed by atoms with Crippen molar-refractivity contribution >= 4 is 34.5 Å². The van der Waals surface area contributed by atoms with Crippen molar-refractivity contribution in [2.45, 2.75) is 26.4 Å². The van der Waals surface area contributed by atoms with Gasteiger partial charge >= 0.3 is 0 Å². The van der Waals surface area contributed by atoms with Crippen LogP contribution in [-0.2, 0) is 6.61 Å². The topological polar surface area (TPSA) is 70.9 Å². The van der Waals surface area contributed by atoms with Gasteiger partial charge in [-0.3, -0.25) is 4.79 Å². The molecule has 0 aliphatic heterocycles. The minimum absolute atomic E-state index is 0.0805. The molecule has 0 spiro atoms. The summed E-state index contributed by atoms with van der Waals surface area (Å²) in [5, 5.41) is 15.6. The van der Waals surface area contributed by atoms with Crippen molar-refractivity contribution in [3.05, 3.63) is 106 Å². The number of amides is 1. The van der Waals surface area contributed by atoms with Crippen molar-refractivity contribution in [3.8, 4) is 11.5 Å². The van der Waals surface area contributed by atoms with Gasteiger partial charge in [-0.15, -0.1) is 0 Å². The third kappa shape index (κ3) is 5.38. The summed E-state index contributed by atoms with van der Waals surface area (Å²) in [5.41, 5.74) is 6.05. The number of phenolic OH excluding ortho intramolecular Hbond substituents is 1. The van der Waals surface area contributed by atoms with Crippen LogP contribution in [0.3, 0.4) is 0 Å². The van der Waals surface area contributed by atoms with Crippen molar-refractivity contribution in [2.75, 3.05) is 0 Å². The zero-order valence-electron chi connectivity index (χ0n) is 19.0. The van der Waals surface area contributed by atoms with Crippen molar-refractivity contribution in [2.24, 2.45) is 5.10 Å². The highest BCUT2D eigenvalue weighted by Gasteiger charge is 2.09. The summed E-state index contributed by atoms with van der Waals surface area (Å²) >= 11 is 5.87. The first-order chi connectivity index (χ1) is 16.4. The van der Waals surface area contributed by atoms with Crippen molar-refractivity contribution in [1.29, 1.82) is 0 Å². The quantitative estimate of drug-likeness (QED) is 0.233. The molecule has 0 atom stereocenters. The number of fused-ring (bicyclic) bond motifs is 1. The minimum Gasteiger partial charge on any atom is -0.506 e. The molecule has 0 aliphatic carbocycles. The number of benzene rings is 4. The number of halogens is 1. The Morgan fingerprint density at radius 1 is 1.03 bits per heavy atom. The van der Waals surface area contributed by atoms with Crippen LogP contribution in [0.1, 0.15) is 46.8 Å². The van der Waals surface area contributed by atoms with Gasteiger partial charge < -0.3 is 9.84 Å². The molecule has 0 aliphatic rings. The molecule has 5 nitrogen and oxygen atoms in total. The van der Waals surface area contributed by atoms with Gasteiger partial charge in [-0.1, -0.05) is 74.0 Å². The maximum atomic E-state index is 12.3. The molecule has 0 saturated heterocycles. The molecule has 0 fully saturated rings. The van der Waals surface area contributed by atoms with Crippen LogP contribution in [0.2, 0.25) is 5.02 Å². The van der Waals surface area contributed by atoms with Gasteiger partial charge in [-0.05, 0) is 52.8 Å². The van der Waals surface area contributed by atoms with Crippen LogP contribution in [0.4, 0.5) is 0 Å². The fourth-order valence-corrected chi connectivity index (χ4v) is 3.75. The van der Waals surface area contributed by atoms with E-state index in [1.165, 1.54) is 23.8 Å². The molecule has 0 unspecified atom stereocenters.